The minimum absolute atomic E-state index is 0.164. The first-order chi connectivity index (χ1) is 11.0. The fourth-order valence-corrected chi connectivity index (χ4v) is 3.01. The Morgan fingerprint density at radius 3 is 2.65 bits per heavy atom. The first kappa shape index (κ1) is 15.3. The van der Waals surface area contributed by atoms with E-state index in [0.717, 1.165) is 23.2 Å². The highest BCUT2D eigenvalue weighted by Crippen LogP contribution is 2.26. The first-order valence-electron chi connectivity index (χ1n) is 7.90. The molecule has 5 nitrogen and oxygen atoms in total. The molecule has 0 aliphatic carbocycles. The van der Waals surface area contributed by atoms with Gasteiger partial charge in [-0.15, -0.1) is 0 Å². The van der Waals surface area contributed by atoms with Crippen LogP contribution in [0.1, 0.15) is 45.5 Å². The number of nitrogens with zero attached hydrogens (tertiary/aromatic N) is 1. The molecule has 0 spiro atoms. The third-order valence-corrected chi connectivity index (χ3v) is 4.23. The predicted octanol–water partition coefficient (Wildman–Crippen LogP) is 3.31. The maximum absolute atomic E-state index is 12.2. The van der Waals surface area contributed by atoms with E-state index in [1.54, 1.807) is 6.07 Å². The Kier molecular flexibility index (Phi) is 3.94. The third-order valence-electron chi connectivity index (χ3n) is 4.23. The maximum Gasteiger partial charge on any atom is 0.272 e. The van der Waals surface area contributed by atoms with Gasteiger partial charge in [-0.3, -0.25) is 9.89 Å². The summed E-state index contributed by atoms with van der Waals surface area (Å²) in [5.41, 5.74) is 7.25. The number of fused-ring (bicyclic) bond motifs is 1. The molecule has 23 heavy (non-hydrogen) atoms. The summed E-state index contributed by atoms with van der Waals surface area (Å²) < 4.78 is 0. The van der Waals surface area contributed by atoms with E-state index in [0.29, 0.717) is 12.2 Å². The van der Waals surface area contributed by atoms with Crippen LogP contribution in [0, 0.1) is 20.8 Å². The van der Waals surface area contributed by atoms with E-state index in [-0.39, 0.29) is 5.91 Å². The van der Waals surface area contributed by atoms with E-state index < -0.39 is 0 Å². The summed E-state index contributed by atoms with van der Waals surface area (Å²) in [4.78, 5) is 15.7. The van der Waals surface area contributed by atoms with Gasteiger partial charge in [-0.25, -0.2) is 0 Å². The number of hydrogen-bond donors (Lipinski definition) is 3. The Hall–Kier alpha value is -2.56. The normalized spacial score (nSPS) is 11.1. The van der Waals surface area contributed by atoms with E-state index in [2.05, 4.69) is 53.4 Å². The first-order valence-corrected chi connectivity index (χ1v) is 7.90. The molecule has 3 rings (SSSR count). The molecule has 2 aromatic heterocycles. The van der Waals surface area contributed by atoms with Crippen molar-refractivity contribution >= 4 is 16.8 Å². The van der Waals surface area contributed by atoms with Crippen LogP contribution in [-0.4, -0.2) is 21.1 Å². The smallest absolute Gasteiger partial charge is 0.272 e. The SMILES string of the molecule is CCc1[nH]c2c(CNC(=O)c3cc(C)[nH]n3)cc(C)cc2c1C. The van der Waals surface area contributed by atoms with Crippen LogP contribution >= 0.6 is 0 Å². The minimum atomic E-state index is -0.164. The molecule has 0 atom stereocenters. The Balaban J connectivity index is 1.89. The fourth-order valence-electron chi connectivity index (χ4n) is 3.01. The highest BCUT2D eigenvalue weighted by molar-refractivity contribution is 5.93. The van der Waals surface area contributed by atoms with Gasteiger partial charge in [0.25, 0.3) is 5.91 Å². The number of H-pyrrole nitrogens is 2. The summed E-state index contributed by atoms with van der Waals surface area (Å²) in [6.07, 6.45) is 0.970. The largest absolute Gasteiger partial charge is 0.358 e. The van der Waals surface area contributed by atoms with Crippen LogP contribution in [0.4, 0.5) is 0 Å². The molecule has 0 aliphatic heterocycles. The van der Waals surface area contributed by atoms with E-state index in [9.17, 15) is 4.79 Å². The number of rotatable bonds is 4. The van der Waals surface area contributed by atoms with Crippen molar-refractivity contribution < 1.29 is 4.79 Å². The number of carbonyl (C=O) groups is 1. The van der Waals surface area contributed by atoms with Gasteiger partial charge in [0.1, 0.15) is 5.69 Å². The molecule has 5 heteroatoms. The molecule has 0 fully saturated rings. The van der Waals surface area contributed by atoms with Crippen LogP contribution in [0.5, 0.6) is 0 Å². The molecule has 1 aromatic carbocycles. The summed E-state index contributed by atoms with van der Waals surface area (Å²) in [5.74, 6) is -0.164. The van der Waals surface area contributed by atoms with Crippen molar-refractivity contribution in [2.45, 2.75) is 40.7 Å². The lowest BCUT2D eigenvalue weighted by molar-refractivity contribution is 0.0946. The minimum Gasteiger partial charge on any atom is -0.358 e. The third kappa shape index (κ3) is 2.86. The molecule has 0 bridgehead atoms. The van der Waals surface area contributed by atoms with Crippen LogP contribution < -0.4 is 5.32 Å². The Bertz CT molecular complexity index is 873. The van der Waals surface area contributed by atoms with Crippen molar-refractivity contribution in [3.05, 3.63) is 52.0 Å². The molecule has 120 valence electrons. The number of aromatic amines is 2. The quantitative estimate of drug-likeness (QED) is 0.691. The molecule has 3 aromatic rings. The number of hydrogen-bond acceptors (Lipinski definition) is 2. The Morgan fingerprint density at radius 2 is 2.00 bits per heavy atom. The molecule has 0 saturated carbocycles. The van der Waals surface area contributed by atoms with Crippen molar-refractivity contribution in [1.82, 2.24) is 20.5 Å². The number of aromatic nitrogens is 3. The fraction of sp³-hybridized carbons (Fsp3) is 0.333. The number of nitrogens with one attached hydrogen (secondary N) is 3. The zero-order valence-corrected chi connectivity index (χ0v) is 14.0. The van der Waals surface area contributed by atoms with Gasteiger partial charge in [0.15, 0.2) is 0 Å². The standard InChI is InChI=1S/C18H22N4O/c1-5-15-12(4)14-7-10(2)6-13(17(14)20-15)9-19-18(23)16-8-11(3)21-22-16/h6-8,20H,5,9H2,1-4H3,(H,19,23)(H,21,22). The lowest BCUT2D eigenvalue weighted by Gasteiger charge is -2.07. The summed E-state index contributed by atoms with van der Waals surface area (Å²) in [6.45, 7) is 8.73. The van der Waals surface area contributed by atoms with Crippen molar-refractivity contribution in [2.75, 3.05) is 0 Å². The zero-order chi connectivity index (χ0) is 16.6. The van der Waals surface area contributed by atoms with Gasteiger partial charge >= 0.3 is 0 Å². The number of aryl methyl sites for hydroxylation is 4. The number of amides is 1. The molecule has 3 N–H and O–H groups in total. The van der Waals surface area contributed by atoms with Gasteiger partial charge in [-0.1, -0.05) is 18.6 Å². The lowest BCUT2D eigenvalue weighted by Crippen LogP contribution is -2.23. The van der Waals surface area contributed by atoms with E-state index >= 15 is 0 Å². The average Bonchev–Trinajstić information content (AvgIpc) is 3.09. The van der Waals surface area contributed by atoms with Gasteiger partial charge in [-0.2, -0.15) is 5.10 Å². The summed E-state index contributed by atoms with van der Waals surface area (Å²) in [6, 6.07) is 6.06. The molecule has 1 amide bonds. The molecule has 2 heterocycles. The second-order valence-electron chi connectivity index (χ2n) is 6.05. The van der Waals surface area contributed by atoms with Gasteiger partial charge in [0, 0.05) is 23.3 Å². The summed E-state index contributed by atoms with van der Waals surface area (Å²) >= 11 is 0. The van der Waals surface area contributed by atoms with Crippen LogP contribution in [0.2, 0.25) is 0 Å². The van der Waals surface area contributed by atoms with Crippen molar-refractivity contribution in [1.29, 1.82) is 0 Å². The lowest BCUT2D eigenvalue weighted by atomic mass is 10.0. The second kappa shape index (κ2) is 5.91. The maximum atomic E-state index is 12.2. The van der Waals surface area contributed by atoms with Gasteiger partial charge < -0.3 is 10.3 Å². The molecule has 0 saturated heterocycles. The van der Waals surface area contributed by atoms with Crippen LogP contribution in [0.25, 0.3) is 10.9 Å². The van der Waals surface area contributed by atoms with Gasteiger partial charge in [0.2, 0.25) is 0 Å². The van der Waals surface area contributed by atoms with E-state index in [1.807, 2.05) is 6.92 Å². The molecular formula is C18H22N4O. The summed E-state index contributed by atoms with van der Waals surface area (Å²) in [5, 5.41) is 11.0. The second-order valence-corrected chi connectivity index (χ2v) is 6.05. The topological polar surface area (TPSA) is 73.6 Å². The average molecular weight is 310 g/mol. The number of carbonyl (C=O) groups excluding carboxylic acids is 1. The molecule has 0 radical (unpaired) electrons. The van der Waals surface area contributed by atoms with Crippen molar-refractivity contribution in [3.8, 4) is 0 Å². The number of benzene rings is 1. The van der Waals surface area contributed by atoms with E-state index in [1.165, 1.54) is 22.2 Å². The Labute approximate surface area is 135 Å². The molecule has 0 aliphatic rings. The van der Waals surface area contributed by atoms with Gasteiger partial charge in [0.05, 0.1) is 5.52 Å². The van der Waals surface area contributed by atoms with Crippen LogP contribution in [0.15, 0.2) is 18.2 Å². The highest BCUT2D eigenvalue weighted by atomic mass is 16.1. The van der Waals surface area contributed by atoms with Crippen LogP contribution in [-0.2, 0) is 13.0 Å². The predicted molar refractivity (Wildman–Crippen MR) is 91.6 cm³/mol. The Morgan fingerprint density at radius 1 is 1.22 bits per heavy atom. The molecule has 0 unspecified atom stereocenters. The summed E-state index contributed by atoms with van der Waals surface area (Å²) in [7, 11) is 0. The highest BCUT2D eigenvalue weighted by Gasteiger charge is 2.13. The zero-order valence-electron chi connectivity index (χ0n) is 14.0. The van der Waals surface area contributed by atoms with Crippen molar-refractivity contribution in [3.63, 3.8) is 0 Å². The van der Waals surface area contributed by atoms with Crippen molar-refractivity contribution in [2.24, 2.45) is 0 Å². The monoisotopic (exact) mass is 310 g/mol. The van der Waals surface area contributed by atoms with Gasteiger partial charge in [-0.05, 0) is 50.5 Å². The van der Waals surface area contributed by atoms with Crippen LogP contribution in [0.3, 0.4) is 0 Å². The molecular weight excluding hydrogens is 288 g/mol. The van der Waals surface area contributed by atoms with E-state index in [4.69, 9.17) is 0 Å².